The summed E-state index contributed by atoms with van der Waals surface area (Å²) >= 11 is 0. The molecule has 1 aromatic carbocycles. The number of nitrogens with one attached hydrogen (secondary N) is 1. The molecule has 0 unspecified atom stereocenters. The smallest absolute Gasteiger partial charge is 0.368 e. The number of hydrogen-bond acceptors (Lipinski definition) is 3. The Morgan fingerprint density at radius 3 is 2.41 bits per heavy atom. The van der Waals surface area contributed by atoms with Gasteiger partial charge in [-0.25, -0.2) is 0 Å². The third-order valence-corrected chi connectivity index (χ3v) is 6.00. The molecule has 0 spiro atoms. The molecule has 0 aromatic heterocycles. The zero-order chi connectivity index (χ0) is 20.9. The number of anilines is 1. The highest BCUT2D eigenvalue weighted by Crippen LogP contribution is 2.31. The van der Waals surface area contributed by atoms with Crippen LogP contribution in [0.25, 0.3) is 0 Å². The molecule has 1 aromatic rings. The Balaban J connectivity index is 1.46. The van der Waals surface area contributed by atoms with Crippen molar-refractivity contribution in [2.75, 3.05) is 64.8 Å². The number of hydrogen-bond donors (Lipinski definition) is 1. The van der Waals surface area contributed by atoms with Crippen molar-refractivity contribution in [3.63, 3.8) is 0 Å². The average Bonchev–Trinajstić information content (AvgIpc) is 2.72. The highest BCUT2D eigenvalue weighted by atomic mass is 19.4. The largest absolute Gasteiger partial charge is 0.416 e. The Kier molecular flexibility index (Phi) is 7.27. The molecule has 0 radical (unpaired) electrons. The second-order valence-corrected chi connectivity index (χ2v) is 8.03. The Hall–Kier alpha value is -1.96. The lowest BCUT2D eigenvalue weighted by Gasteiger charge is -2.38. The fraction of sp³-hybridized carbons (Fsp3) is 0.667. The van der Waals surface area contributed by atoms with Gasteiger partial charge in [0.05, 0.1) is 5.56 Å². The van der Waals surface area contributed by atoms with E-state index in [2.05, 4.69) is 27.2 Å². The first-order valence-corrected chi connectivity index (χ1v) is 10.4. The number of alkyl halides is 3. The molecule has 2 aliphatic rings. The van der Waals surface area contributed by atoms with Crippen LogP contribution in [0.4, 0.5) is 18.9 Å². The summed E-state index contributed by atoms with van der Waals surface area (Å²) in [6.07, 6.45) is -0.645. The zero-order valence-corrected chi connectivity index (χ0v) is 17.4. The molecule has 0 atom stereocenters. The first-order chi connectivity index (χ1) is 13.9. The third-order valence-electron chi connectivity index (χ3n) is 6.00. The maximum Gasteiger partial charge on any atom is 0.416 e. The summed E-state index contributed by atoms with van der Waals surface area (Å²) in [5.74, 6) is 1.66. The van der Waals surface area contributed by atoms with E-state index >= 15 is 0 Å². The molecule has 5 nitrogen and oxygen atoms in total. The minimum absolute atomic E-state index is 0.594. The molecule has 2 heterocycles. The van der Waals surface area contributed by atoms with E-state index in [0.717, 1.165) is 44.0 Å². The summed E-state index contributed by atoms with van der Waals surface area (Å²) < 4.78 is 38.9. The Morgan fingerprint density at radius 1 is 1.10 bits per heavy atom. The fourth-order valence-corrected chi connectivity index (χ4v) is 4.13. The molecule has 162 valence electrons. The minimum atomic E-state index is -4.31. The topological polar surface area (TPSA) is 34.1 Å². The van der Waals surface area contributed by atoms with Gasteiger partial charge in [-0.05, 0) is 63.5 Å². The lowest BCUT2D eigenvalue weighted by Crippen LogP contribution is -2.52. The van der Waals surface area contributed by atoms with Crippen molar-refractivity contribution < 1.29 is 13.2 Å². The maximum atomic E-state index is 13.0. The van der Waals surface area contributed by atoms with Crippen LogP contribution < -0.4 is 10.2 Å². The van der Waals surface area contributed by atoms with E-state index < -0.39 is 11.7 Å². The van der Waals surface area contributed by atoms with Gasteiger partial charge in [0.2, 0.25) is 0 Å². The highest BCUT2D eigenvalue weighted by molar-refractivity contribution is 5.80. The normalized spacial score (nSPS) is 20.2. The van der Waals surface area contributed by atoms with E-state index in [4.69, 9.17) is 0 Å². The first-order valence-electron chi connectivity index (χ1n) is 10.4. The molecule has 2 saturated heterocycles. The summed E-state index contributed by atoms with van der Waals surface area (Å²) in [5.41, 5.74) is 0.0356. The van der Waals surface area contributed by atoms with Crippen LogP contribution in [0.3, 0.4) is 0 Å². The monoisotopic (exact) mass is 411 g/mol. The predicted octanol–water partition coefficient (Wildman–Crippen LogP) is 3.13. The minimum Gasteiger partial charge on any atom is -0.368 e. The number of likely N-dealkylation sites (tertiary alicyclic amines) is 1. The molecule has 2 fully saturated rings. The number of piperazine rings is 1. The van der Waals surface area contributed by atoms with Crippen molar-refractivity contribution in [2.24, 2.45) is 10.9 Å². The molecule has 2 aliphatic heterocycles. The molecule has 29 heavy (non-hydrogen) atoms. The fourth-order valence-electron chi connectivity index (χ4n) is 4.13. The number of guanidine groups is 1. The lowest BCUT2D eigenvalue weighted by molar-refractivity contribution is -0.137. The van der Waals surface area contributed by atoms with Gasteiger partial charge in [-0.3, -0.25) is 4.99 Å². The van der Waals surface area contributed by atoms with Crippen molar-refractivity contribution in [1.82, 2.24) is 15.1 Å². The van der Waals surface area contributed by atoms with E-state index in [9.17, 15) is 13.2 Å². The number of piperidine rings is 1. The first kappa shape index (κ1) is 21.7. The number of halogens is 3. The third kappa shape index (κ3) is 6.01. The van der Waals surface area contributed by atoms with Crippen LogP contribution in [0.2, 0.25) is 0 Å². The van der Waals surface area contributed by atoms with Gasteiger partial charge < -0.3 is 20.0 Å². The van der Waals surface area contributed by atoms with Gasteiger partial charge in [0, 0.05) is 45.5 Å². The Morgan fingerprint density at radius 2 is 1.79 bits per heavy atom. The molecular weight excluding hydrogens is 379 g/mol. The molecule has 8 heteroatoms. The highest BCUT2D eigenvalue weighted by Gasteiger charge is 2.31. The van der Waals surface area contributed by atoms with Crippen molar-refractivity contribution in [2.45, 2.75) is 25.4 Å². The van der Waals surface area contributed by atoms with Gasteiger partial charge >= 0.3 is 6.18 Å². The number of rotatable bonds is 4. The van der Waals surface area contributed by atoms with Crippen LogP contribution >= 0.6 is 0 Å². The second-order valence-electron chi connectivity index (χ2n) is 8.03. The second kappa shape index (κ2) is 9.69. The van der Waals surface area contributed by atoms with E-state index in [0.29, 0.717) is 18.8 Å². The summed E-state index contributed by atoms with van der Waals surface area (Å²) in [6, 6.07) is 5.59. The van der Waals surface area contributed by atoms with Crippen LogP contribution in [-0.4, -0.2) is 75.7 Å². The van der Waals surface area contributed by atoms with Crippen LogP contribution in [-0.2, 0) is 6.18 Å². The molecule has 0 saturated carbocycles. The van der Waals surface area contributed by atoms with Crippen LogP contribution in [0, 0.1) is 5.92 Å². The molecule has 3 rings (SSSR count). The number of aliphatic imine (C=N–C) groups is 1. The predicted molar refractivity (Wildman–Crippen MR) is 111 cm³/mol. The summed E-state index contributed by atoms with van der Waals surface area (Å²) in [7, 11) is 3.96. The van der Waals surface area contributed by atoms with Crippen LogP contribution in [0.1, 0.15) is 24.8 Å². The zero-order valence-electron chi connectivity index (χ0n) is 17.4. The molecule has 0 bridgehead atoms. The molecular formula is C21H32F3N5. The van der Waals surface area contributed by atoms with E-state index in [1.165, 1.54) is 38.1 Å². The van der Waals surface area contributed by atoms with Gasteiger partial charge in [-0.1, -0.05) is 6.07 Å². The summed E-state index contributed by atoms with van der Waals surface area (Å²) in [5, 5.41) is 3.48. The Labute approximate surface area is 171 Å². The quantitative estimate of drug-likeness (QED) is 0.610. The van der Waals surface area contributed by atoms with Crippen molar-refractivity contribution in [3.8, 4) is 0 Å². The van der Waals surface area contributed by atoms with E-state index in [1.54, 1.807) is 13.1 Å². The van der Waals surface area contributed by atoms with Gasteiger partial charge in [-0.2, -0.15) is 13.2 Å². The van der Waals surface area contributed by atoms with Gasteiger partial charge in [0.15, 0.2) is 5.96 Å². The van der Waals surface area contributed by atoms with Crippen LogP contribution in [0.5, 0.6) is 0 Å². The molecule has 0 aliphatic carbocycles. The molecule has 0 amide bonds. The van der Waals surface area contributed by atoms with Gasteiger partial charge in [-0.15, -0.1) is 0 Å². The number of nitrogens with zero attached hydrogens (tertiary/aromatic N) is 4. The van der Waals surface area contributed by atoms with E-state index in [1.807, 2.05) is 4.90 Å². The van der Waals surface area contributed by atoms with Crippen molar-refractivity contribution in [1.29, 1.82) is 0 Å². The number of benzene rings is 1. The van der Waals surface area contributed by atoms with Crippen molar-refractivity contribution >= 4 is 11.6 Å². The van der Waals surface area contributed by atoms with Gasteiger partial charge in [0.1, 0.15) is 0 Å². The lowest BCUT2D eigenvalue weighted by atomic mass is 9.94. The Bertz CT molecular complexity index is 675. The van der Waals surface area contributed by atoms with E-state index in [-0.39, 0.29) is 0 Å². The summed E-state index contributed by atoms with van der Waals surface area (Å²) in [4.78, 5) is 11.0. The molecule has 1 N–H and O–H groups in total. The summed E-state index contributed by atoms with van der Waals surface area (Å²) in [6.45, 7) is 6.10. The standard InChI is InChI=1S/C21H32F3N5/c1-25-20(26-9-6-17-7-10-27(2)11-8-17)29-14-12-28(13-15-29)19-5-3-4-18(16-19)21(22,23)24/h3-5,16-17H,6-15H2,1-2H3,(H,25,26). The maximum absolute atomic E-state index is 13.0. The van der Waals surface area contributed by atoms with Crippen LogP contribution in [0.15, 0.2) is 29.3 Å². The average molecular weight is 412 g/mol. The van der Waals surface area contributed by atoms with Crippen molar-refractivity contribution in [3.05, 3.63) is 29.8 Å². The SMILES string of the molecule is CN=C(NCCC1CCN(C)CC1)N1CCN(c2cccc(C(F)(F)F)c2)CC1. The van der Waals surface area contributed by atoms with Gasteiger partial charge in [0.25, 0.3) is 0 Å².